The van der Waals surface area contributed by atoms with E-state index in [-0.39, 0.29) is 17.8 Å². The van der Waals surface area contributed by atoms with Gasteiger partial charge in [-0.15, -0.1) is 35.8 Å². The van der Waals surface area contributed by atoms with Gasteiger partial charge in [-0.2, -0.15) is 0 Å². The largest absolute Gasteiger partial charge is 0.573 e. The number of thiophene rings is 2. The molecule has 3 heterocycles. The van der Waals surface area contributed by atoms with Gasteiger partial charge in [0.2, 0.25) is 5.91 Å². The Hall–Kier alpha value is -3.18. The minimum absolute atomic E-state index is 0.110. The Balaban J connectivity index is 1.55. The maximum Gasteiger partial charge on any atom is 0.573 e. The molecule has 0 aliphatic heterocycles. The molecule has 0 spiro atoms. The van der Waals surface area contributed by atoms with Crippen molar-refractivity contribution in [1.82, 2.24) is 9.55 Å². The highest BCUT2D eigenvalue weighted by Gasteiger charge is 2.31. The summed E-state index contributed by atoms with van der Waals surface area (Å²) in [5.41, 5.74) is 0.502. The third-order valence-electron chi connectivity index (χ3n) is 4.01. The summed E-state index contributed by atoms with van der Waals surface area (Å²) in [6.07, 6.45) is -3.56. The zero-order chi connectivity index (χ0) is 21.3. The van der Waals surface area contributed by atoms with Crippen LogP contribution in [0.3, 0.4) is 0 Å². The average molecular weight is 451 g/mol. The van der Waals surface area contributed by atoms with Gasteiger partial charge in [0.15, 0.2) is 0 Å². The van der Waals surface area contributed by atoms with Crippen LogP contribution in [-0.4, -0.2) is 21.8 Å². The predicted octanol–water partition coefficient (Wildman–Crippen LogP) is 4.72. The summed E-state index contributed by atoms with van der Waals surface area (Å²) in [5.74, 6) is -1.05. The Morgan fingerprint density at radius 1 is 1.20 bits per heavy atom. The Morgan fingerprint density at radius 3 is 2.77 bits per heavy atom. The van der Waals surface area contributed by atoms with E-state index in [2.05, 4.69) is 15.0 Å². The Kier molecular flexibility index (Phi) is 5.31. The van der Waals surface area contributed by atoms with Crippen LogP contribution < -0.4 is 15.6 Å². The summed E-state index contributed by atoms with van der Waals surface area (Å²) in [5, 5.41) is 6.64. The number of amides is 1. The van der Waals surface area contributed by atoms with E-state index < -0.39 is 18.0 Å². The summed E-state index contributed by atoms with van der Waals surface area (Å²) >= 11 is 2.83. The zero-order valence-corrected chi connectivity index (χ0v) is 16.6. The molecule has 0 unspecified atom stereocenters. The molecule has 11 heteroatoms. The number of nitrogens with one attached hydrogen (secondary N) is 1. The highest BCUT2D eigenvalue weighted by atomic mass is 32.1. The van der Waals surface area contributed by atoms with Crippen LogP contribution >= 0.6 is 22.7 Å². The van der Waals surface area contributed by atoms with E-state index in [0.29, 0.717) is 10.2 Å². The number of hydrogen-bond acceptors (Lipinski definition) is 6. The molecule has 1 aromatic carbocycles. The number of nitrogens with zero attached hydrogens (tertiary/aromatic N) is 2. The molecule has 0 aliphatic carbocycles. The highest BCUT2D eigenvalue weighted by molar-refractivity contribution is 7.18. The van der Waals surface area contributed by atoms with E-state index >= 15 is 0 Å². The lowest BCUT2D eigenvalue weighted by molar-refractivity contribution is -0.274. The topological polar surface area (TPSA) is 73.2 Å². The summed E-state index contributed by atoms with van der Waals surface area (Å²) < 4.78 is 42.0. The third kappa shape index (κ3) is 4.36. The minimum atomic E-state index is -4.84. The molecule has 0 saturated heterocycles. The molecule has 6 nitrogen and oxygen atoms in total. The molecule has 0 saturated carbocycles. The molecule has 1 amide bonds. The highest BCUT2D eigenvalue weighted by Crippen LogP contribution is 2.33. The Labute approximate surface area is 175 Å². The second-order valence-corrected chi connectivity index (χ2v) is 7.91. The normalized spacial score (nSPS) is 11.6. The van der Waals surface area contributed by atoms with E-state index in [1.165, 1.54) is 41.1 Å². The lowest BCUT2D eigenvalue weighted by atomic mass is 10.2. The fourth-order valence-electron chi connectivity index (χ4n) is 2.82. The number of halogens is 3. The van der Waals surface area contributed by atoms with Crippen LogP contribution in [0, 0.1) is 0 Å². The molecule has 3 aromatic heterocycles. The molecule has 0 atom stereocenters. The quantitative estimate of drug-likeness (QED) is 0.476. The second kappa shape index (κ2) is 7.92. The molecule has 30 heavy (non-hydrogen) atoms. The fraction of sp³-hybridized carbons (Fsp3) is 0.105. The molecule has 0 bridgehead atoms. The molecular weight excluding hydrogens is 439 g/mol. The molecule has 154 valence electrons. The number of benzene rings is 1. The third-order valence-corrected chi connectivity index (χ3v) is 5.80. The van der Waals surface area contributed by atoms with Crippen molar-refractivity contribution < 1.29 is 22.7 Å². The van der Waals surface area contributed by atoms with Gasteiger partial charge in [0.25, 0.3) is 5.56 Å². The molecule has 4 rings (SSSR count). The first kappa shape index (κ1) is 20.1. The van der Waals surface area contributed by atoms with Crippen molar-refractivity contribution in [2.45, 2.75) is 12.9 Å². The van der Waals surface area contributed by atoms with Crippen molar-refractivity contribution in [1.29, 1.82) is 0 Å². The summed E-state index contributed by atoms with van der Waals surface area (Å²) in [6.45, 7) is -0.341. The molecule has 0 radical (unpaired) electrons. The first-order valence-corrected chi connectivity index (χ1v) is 10.2. The molecule has 4 aromatic rings. The standard InChI is InChI=1S/C19H12F3N3O3S2/c20-19(21,22)28-12-4-1-3-11(7-12)24-15(26)8-25-10-23-17-16(18(25)27)13(9-30-17)14-5-2-6-29-14/h1-7,9-10H,8H2,(H,24,26). The van der Waals surface area contributed by atoms with E-state index in [1.54, 1.807) is 0 Å². The van der Waals surface area contributed by atoms with Gasteiger partial charge in [-0.1, -0.05) is 12.1 Å². The van der Waals surface area contributed by atoms with E-state index in [0.717, 1.165) is 27.1 Å². The van der Waals surface area contributed by atoms with Gasteiger partial charge in [-0.05, 0) is 23.6 Å². The Bertz CT molecular complexity index is 1260. The second-order valence-electron chi connectivity index (χ2n) is 6.11. The smallest absolute Gasteiger partial charge is 0.406 e. The summed E-state index contributed by atoms with van der Waals surface area (Å²) in [6, 6.07) is 8.67. The SMILES string of the molecule is O=C(Cn1cnc2scc(-c3cccs3)c2c1=O)Nc1cccc(OC(F)(F)F)c1. The number of ether oxygens (including phenoxy) is 1. The van der Waals surface area contributed by atoms with Crippen LogP contribution in [0.15, 0.2) is 58.3 Å². The van der Waals surface area contributed by atoms with Crippen LogP contribution in [0.25, 0.3) is 20.7 Å². The number of rotatable bonds is 5. The van der Waals surface area contributed by atoms with Gasteiger partial charge in [0, 0.05) is 27.6 Å². The van der Waals surface area contributed by atoms with Crippen LogP contribution in [-0.2, 0) is 11.3 Å². The van der Waals surface area contributed by atoms with Crippen molar-refractivity contribution >= 4 is 44.5 Å². The number of alkyl halides is 3. The molecule has 0 fully saturated rings. The molecule has 0 aliphatic rings. The van der Waals surface area contributed by atoms with Crippen LogP contribution in [0.1, 0.15) is 0 Å². The van der Waals surface area contributed by atoms with Gasteiger partial charge in [-0.25, -0.2) is 4.98 Å². The molecular formula is C19H12F3N3O3S2. The van der Waals surface area contributed by atoms with Gasteiger partial charge < -0.3 is 10.1 Å². The van der Waals surface area contributed by atoms with Crippen LogP contribution in [0.4, 0.5) is 18.9 Å². The van der Waals surface area contributed by atoms with Gasteiger partial charge in [0.1, 0.15) is 17.1 Å². The molecule has 1 N–H and O–H groups in total. The number of aromatic nitrogens is 2. The number of carbonyl (C=O) groups excluding carboxylic acids is 1. The summed E-state index contributed by atoms with van der Waals surface area (Å²) in [7, 11) is 0. The fourth-order valence-corrected chi connectivity index (χ4v) is 4.54. The number of anilines is 1. The van der Waals surface area contributed by atoms with Crippen LogP contribution in [0.2, 0.25) is 0 Å². The Morgan fingerprint density at radius 2 is 2.03 bits per heavy atom. The predicted molar refractivity (Wildman–Crippen MR) is 109 cm³/mol. The zero-order valence-electron chi connectivity index (χ0n) is 15.0. The summed E-state index contributed by atoms with van der Waals surface area (Å²) in [4.78, 5) is 31.0. The van der Waals surface area contributed by atoms with Gasteiger partial charge >= 0.3 is 6.36 Å². The maximum absolute atomic E-state index is 12.9. The first-order chi connectivity index (χ1) is 14.3. The van der Waals surface area contributed by atoms with Crippen molar-refractivity contribution in [2.75, 3.05) is 5.32 Å². The van der Waals surface area contributed by atoms with Crippen molar-refractivity contribution in [3.8, 4) is 16.2 Å². The van der Waals surface area contributed by atoms with Gasteiger partial charge in [-0.3, -0.25) is 14.2 Å². The van der Waals surface area contributed by atoms with Crippen molar-refractivity contribution in [3.63, 3.8) is 0 Å². The van der Waals surface area contributed by atoms with Crippen molar-refractivity contribution in [2.24, 2.45) is 0 Å². The monoisotopic (exact) mass is 451 g/mol. The first-order valence-electron chi connectivity index (χ1n) is 8.46. The average Bonchev–Trinajstić information content (AvgIpc) is 3.32. The van der Waals surface area contributed by atoms with E-state index in [1.807, 2.05) is 22.9 Å². The maximum atomic E-state index is 12.9. The van der Waals surface area contributed by atoms with E-state index in [9.17, 15) is 22.8 Å². The minimum Gasteiger partial charge on any atom is -0.406 e. The lowest BCUT2D eigenvalue weighted by Crippen LogP contribution is -2.27. The lowest BCUT2D eigenvalue weighted by Gasteiger charge is -2.11. The van der Waals surface area contributed by atoms with E-state index in [4.69, 9.17) is 0 Å². The van der Waals surface area contributed by atoms with Crippen LogP contribution in [0.5, 0.6) is 5.75 Å². The number of hydrogen-bond donors (Lipinski definition) is 1. The van der Waals surface area contributed by atoms with Gasteiger partial charge in [0.05, 0.1) is 11.7 Å². The number of carbonyl (C=O) groups is 1. The van der Waals surface area contributed by atoms with Crippen molar-refractivity contribution in [3.05, 3.63) is 63.8 Å². The number of fused-ring (bicyclic) bond motifs is 1.